The minimum atomic E-state index is -1.16. The van der Waals surface area contributed by atoms with Gasteiger partial charge in [0.05, 0.1) is 5.60 Å². The maximum atomic E-state index is 11.0. The predicted molar refractivity (Wildman–Crippen MR) is 82.0 cm³/mol. The fraction of sp³-hybridized carbons (Fsp3) is 0.412. The highest BCUT2D eigenvalue weighted by Crippen LogP contribution is 2.16. The Morgan fingerprint density at radius 1 is 1.18 bits per heavy atom. The molecule has 0 spiro atoms. The SMILES string of the molecule is CC(=O)OC(C=CC(C)(O)Cc1ccc(C)cc1)OC(C)=O. The number of hydrogen-bond donors (Lipinski definition) is 1. The minimum absolute atomic E-state index is 0.386. The summed E-state index contributed by atoms with van der Waals surface area (Å²) < 4.78 is 9.69. The van der Waals surface area contributed by atoms with Crippen LogP contribution in [0.1, 0.15) is 31.9 Å². The second-order valence-corrected chi connectivity index (χ2v) is 5.47. The van der Waals surface area contributed by atoms with Gasteiger partial charge in [0.2, 0.25) is 0 Å². The van der Waals surface area contributed by atoms with Gasteiger partial charge in [0.1, 0.15) is 0 Å². The van der Waals surface area contributed by atoms with Crippen LogP contribution in [0.3, 0.4) is 0 Å². The van der Waals surface area contributed by atoms with Crippen LogP contribution in [0.4, 0.5) is 0 Å². The fourth-order valence-corrected chi connectivity index (χ4v) is 1.89. The minimum Gasteiger partial charge on any atom is -0.421 e. The number of rotatable bonds is 6. The number of carbonyl (C=O) groups excluding carboxylic acids is 2. The van der Waals surface area contributed by atoms with E-state index in [9.17, 15) is 14.7 Å². The molecule has 1 atom stereocenters. The Hall–Kier alpha value is -2.14. The maximum absolute atomic E-state index is 11.0. The molecule has 0 aliphatic carbocycles. The molecular weight excluding hydrogens is 284 g/mol. The molecule has 0 heterocycles. The third-order valence-electron chi connectivity index (χ3n) is 2.86. The van der Waals surface area contributed by atoms with Crippen LogP contribution in [-0.2, 0) is 25.5 Å². The van der Waals surface area contributed by atoms with Gasteiger partial charge in [-0.15, -0.1) is 0 Å². The predicted octanol–water partition coefficient (Wildman–Crippen LogP) is 2.30. The van der Waals surface area contributed by atoms with Crippen molar-refractivity contribution >= 4 is 11.9 Å². The molecule has 0 amide bonds. The third kappa shape index (κ3) is 7.04. The largest absolute Gasteiger partial charge is 0.421 e. The number of aryl methyl sites for hydroxylation is 1. The van der Waals surface area contributed by atoms with Crippen molar-refractivity contribution in [3.8, 4) is 0 Å². The lowest BCUT2D eigenvalue weighted by Gasteiger charge is -2.20. The van der Waals surface area contributed by atoms with Gasteiger partial charge in [-0.25, -0.2) is 0 Å². The zero-order valence-corrected chi connectivity index (χ0v) is 13.3. The van der Waals surface area contributed by atoms with Crippen LogP contribution in [0.2, 0.25) is 0 Å². The summed E-state index contributed by atoms with van der Waals surface area (Å²) in [5.74, 6) is -1.15. The normalized spacial score (nSPS) is 13.9. The quantitative estimate of drug-likeness (QED) is 0.496. The molecule has 1 aromatic rings. The highest BCUT2D eigenvalue weighted by molar-refractivity contribution is 5.68. The number of hydrogen-bond acceptors (Lipinski definition) is 5. The summed E-state index contributed by atoms with van der Waals surface area (Å²) in [4.78, 5) is 21.9. The van der Waals surface area contributed by atoms with Crippen LogP contribution in [0, 0.1) is 6.92 Å². The van der Waals surface area contributed by atoms with E-state index in [1.54, 1.807) is 6.92 Å². The van der Waals surface area contributed by atoms with Crippen molar-refractivity contribution in [2.75, 3.05) is 0 Å². The lowest BCUT2D eigenvalue weighted by atomic mass is 9.95. The molecule has 0 bridgehead atoms. The van der Waals surface area contributed by atoms with E-state index in [1.165, 1.54) is 26.0 Å². The molecule has 0 radical (unpaired) electrons. The van der Waals surface area contributed by atoms with E-state index in [4.69, 9.17) is 9.47 Å². The Morgan fingerprint density at radius 3 is 2.14 bits per heavy atom. The van der Waals surface area contributed by atoms with Crippen molar-refractivity contribution < 1.29 is 24.2 Å². The Bertz CT molecular complexity index is 527. The van der Waals surface area contributed by atoms with E-state index in [0.717, 1.165) is 11.1 Å². The van der Waals surface area contributed by atoms with Gasteiger partial charge in [0.15, 0.2) is 0 Å². The van der Waals surface area contributed by atoms with Gasteiger partial charge in [0.25, 0.3) is 6.29 Å². The maximum Gasteiger partial charge on any atom is 0.305 e. The Labute approximate surface area is 130 Å². The van der Waals surface area contributed by atoms with Crippen molar-refractivity contribution in [2.24, 2.45) is 0 Å². The monoisotopic (exact) mass is 306 g/mol. The van der Waals surface area contributed by atoms with Crippen LogP contribution >= 0.6 is 0 Å². The fourth-order valence-electron chi connectivity index (χ4n) is 1.89. The highest BCUT2D eigenvalue weighted by Gasteiger charge is 2.19. The molecule has 5 heteroatoms. The van der Waals surface area contributed by atoms with Crippen molar-refractivity contribution in [1.29, 1.82) is 0 Å². The molecule has 5 nitrogen and oxygen atoms in total. The first-order chi connectivity index (χ1) is 10.2. The molecule has 0 saturated carbocycles. The van der Waals surface area contributed by atoms with Gasteiger partial charge in [-0.3, -0.25) is 9.59 Å². The van der Waals surface area contributed by atoms with Crippen LogP contribution in [0.5, 0.6) is 0 Å². The van der Waals surface area contributed by atoms with Crippen molar-refractivity contribution in [3.63, 3.8) is 0 Å². The van der Waals surface area contributed by atoms with Gasteiger partial charge in [-0.1, -0.05) is 29.8 Å². The molecule has 1 rings (SSSR count). The summed E-state index contributed by atoms with van der Waals surface area (Å²) in [6.07, 6.45) is 2.07. The summed E-state index contributed by atoms with van der Waals surface area (Å²) in [7, 11) is 0. The van der Waals surface area contributed by atoms with Gasteiger partial charge >= 0.3 is 11.9 Å². The zero-order chi connectivity index (χ0) is 16.8. The first-order valence-corrected chi connectivity index (χ1v) is 7.00. The van der Waals surface area contributed by atoms with Gasteiger partial charge in [0, 0.05) is 20.3 Å². The Kier molecular flexibility index (Phi) is 6.31. The molecule has 0 saturated heterocycles. The molecule has 1 unspecified atom stereocenters. The molecule has 22 heavy (non-hydrogen) atoms. The average Bonchev–Trinajstić information content (AvgIpc) is 2.37. The van der Waals surface area contributed by atoms with Crippen LogP contribution in [0.15, 0.2) is 36.4 Å². The molecule has 1 aromatic carbocycles. The standard InChI is InChI=1S/C17H22O5/c1-12-5-7-15(8-6-12)11-17(4,20)10-9-16(21-13(2)18)22-14(3)19/h5-10,16,20H,11H2,1-4H3. The van der Waals surface area contributed by atoms with Gasteiger partial charge in [-0.05, 0) is 31.6 Å². The summed E-state index contributed by atoms with van der Waals surface area (Å²) >= 11 is 0. The number of benzene rings is 1. The zero-order valence-electron chi connectivity index (χ0n) is 13.3. The van der Waals surface area contributed by atoms with E-state index in [0.29, 0.717) is 6.42 Å². The first kappa shape index (κ1) is 17.9. The topological polar surface area (TPSA) is 72.8 Å². The first-order valence-electron chi connectivity index (χ1n) is 7.00. The average molecular weight is 306 g/mol. The summed E-state index contributed by atoms with van der Waals surface area (Å²) in [6, 6.07) is 7.81. The van der Waals surface area contributed by atoms with Crippen LogP contribution in [0.25, 0.3) is 0 Å². The van der Waals surface area contributed by atoms with E-state index < -0.39 is 23.8 Å². The smallest absolute Gasteiger partial charge is 0.305 e. The molecular formula is C17H22O5. The molecule has 0 aliphatic heterocycles. The molecule has 120 valence electrons. The van der Waals surface area contributed by atoms with Gasteiger partial charge < -0.3 is 14.6 Å². The van der Waals surface area contributed by atoms with Gasteiger partial charge in [-0.2, -0.15) is 0 Å². The van der Waals surface area contributed by atoms with E-state index in [2.05, 4.69) is 0 Å². The second kappa shape index (κ2) is 7.75. The summed E-state index contributed by atoms with van der Waals surface area (Å²) in [5.41, 5.74) is 0.953. The molecule has 1 N–H and O–H groups in total. The third-order valence-corrected chi connectivity index (χ3v) is 2.86. The van der Waals surface area contributed by atoms with E-state index in [1.807, 2.05) is 31.2 Å². The number of ether oxygens (including phenoxy) is 2. The highest BCUT2D eigenvalue weighted by atomic mass is 16.7. The van der Waals surface area contributed by atoms with Crippen molar-refractivity contribution in [2.45, 2.75) is 46.0 Å². The number of aliphatic hydroxyl groups is 1. The van der Waals surface area contributed by atoms with E-state index >= 15 is 0 Å². The molecule has 0 aliphatic rings. The summed E-state index contributed by atoms with van der Waals surface area (Å²) in [5, 5.41) is 10.4. The van der Waals surface area contributed by atoms with Crippen molar-refractivity contribution in [3.05, 3.63) is 47.5 Å². The molecule has 0 aromatic heterocycles. The van der Waals surface area contributed by atoms with E-state index in [-0.39, 0.29) is 0 Å². The Morgan fingerprint density at radius 2 is 1.68 bits per heavy atom. The van der Waals surface area contributed by atoms with Crippen LogP contribution < -0.4 is 0 Å². The number of carbonyl (C=O) groups is 2. The lowest BCUT2D eigenvalue weighted by Crippen LogP contribution is -2.26. The number of esters is 2. The van der Waals surface area contributed by atoms with Crippen LogP contribution in [-0.4, -0.2) is 28.9 Å². The summed E-state index contributed by atoms with van der Waals surface area (Å²) in [6.45, 7) is 6.05. The Balaban J connectivity index is 2.75. The van der Waals surface area contributed by atoms with Crippen molar-refractivity contribution in [1.82, 2.24) is 0 Å². The lowest BCUT2D eigenvalue weighted by molar-refractivity contribution is -0.176. The molecule has 0 fully saturated rings. The second-order valence-electron chi connectivity index (χ2n) is 5.47.